The number of thiocarbonyl (C=S) groups is 1. The predicted octanol–water partition coefficient (Wildman–Crippen LogP) is 6.57. The van der Waals surface area contributed by atoms with Crippen molar-refractivity contribution in [2.24, 2.45) is 0 Å². The Morgan fingerprint density at radius 2 is 1.87 bits per heavy atom. The normalized spacial score (nSPS) is 14.5. The maximum Gasteiger partial charge on any atom is 0.270 e. The molecule has 1 fully saturated rings. The van der Waals surface area contributed by atoms with Gasteiger partial charge in [-0.1, -0.05) is 35.3 Å². The van der Waals surface area contributed by atoms with Crippen LogP contribution in [-0.2, 0) is 16.2 Å². The third-order valence-electron chi connectivity index (χ3n) is 5.44. The number of nitrogens with zero attached hydrogens (tertiary/aromatic N) is 1. The van der Waals surface area contributed by atoms with Crippen molar-refractivity contribution >= 4 is 80.0 Å². The molecule has 0 spiro atoms. The molecule has 0 radical (unpaired) electrons. The molecule has 0 saturated carbocycles. The Morgan fingerprint density at radius 1 is 1.08 bits per heavy atom. The molecule has 3 aromatic rings. The SMILES string of the molecule is CCOc1cccc(N2C(=O)/C(=C/c3cc(Br)c(OCc4ccc(Cl)cc4Cl)c(OC)c3)C(=O)NC2=S)c1. The predicted molar refractivity (Wildman–Crippen MR) is 155 cm³/mol. The van der Waals surface area contributed by atoms with Gasteiger partial charge in [-0.25, -0.2) is 0 Å². The first-order chi connectivity index (χ1) is 18.2. The van der Waals surface area contributed by atoms with Crippen molar-refractivity contribution in [2.45, 2.75) is 13.5 Å². The van der Waals surface area contributed by atoms with Crippen molar-refractivity contribution in [1.29, 1.82) is 0 Å². The Hall–Kier alpha value is -3.11. The molecule has 11 heteroatoms. The monoisotopic (exact) mass is 634 g/mol. The van der Waals surface area contributed by atoms with Crippen LogP contribution in [-0.4, -0.2) is 30.6 Å². The summed E-state index contributed by atoms with van der Waals surface area (Å²) in [6.07, 6.45) is 1.46. The minimum absolute atomic E-state index is 0.0193. The van der Waals surface area contributed by atoms with Crippen LogP contribution in [0.15, 0.2) is 64.6 Å². The fourth-order valence-corrected chi connectivity index (χ4v) is 5.01. The van der Waals surface area contributed by atoms with Crippen molar-refractivity contribution in [3.63, 3.8) is 0 Å². The number of rotatable bonds is 8. The number of hydrogen-bond donors (Lipinski definition) is 1. The lowest BCUT2D eigenvalue weighted by Crippen LogP contribution is -2.54. The molecule has 1 saturated heterocycles. The van der Waals surface area contributed by atoms with Gasteiger partial charge >= 0.3 is 0 Å². The van der Waals surface area contributed by atoms with E-state index in [0.717, 1.165) is 5.56 Å². The van der Waals surface area contributed by atoms with Crippen molar-refractivity contribution in [2.75, 3.05) is 18.6 Å². The molecule has 0 bridgehead atoms. The van der Waals surface area contributed by atoms with Gasteiger partial charge in [-0.05, 0) is 83.1 Å². The topological polar surface area (TPSA) is 77.1 Å². The number of carbonyl (C=O) groups is 2. The maximum absolute atomic E-state index is 13.4. The van der Waals surface area contributed by atoms with Gasteiger partial charge in [-0.3, -0.25) is 19.8 Å². The zero-order valence-electron chi connectivity index (χ0n) is 20.2. The van der Waals surface area contributed by atoms with E-state index in [0.29, 0.717) is 49.6 Å². The third-order valence-corrected chi connectivity index (χ3v) is 6.90. The van der Waals surface area contributed by atoms with Crippen molar-refractivity contribution in [1.82, 2.24) is 5.32 Å². The van der Waals surface area contributed by atoms with Gasteiger partial charge in [0.05, 0.1) is 23.9 Å². The minimum atomic E-state index is -0.606. The first-order valence-electron chi connectivity index (χ1n) is 11.3. The van der Waals surface area contributed by atoms with E-state index < -0.39 is 11.8 Å². The molecule has 196 valence electrons. The van der Waals surface area contributed by atoms with Crippen LogP contribution in [0.3, 0.4) is 0 Å². The number of nitrogens with one attached hydrogen (secondary N) is 1. The summed E-state index contributed by atoms with van der Waals surface area (Å²) in [6.45, 7) is 2.49. The summed E-state index contributed by atoms with van der Waals surface area (Å²) >= 11 is 21.0. The minimum Gasteiger partial charge on any atom is -0.494 e. The van der Waals surface area contributed by atoms with Crippen LogP contribution in [0.2, 0.25) is 10.0 Å². The van der Waals surface area contributed by atoms with Crippen molar-refractivity contribution in [3.8, 4) is 17.2 Å². The van der Waals surface area contributed by atoms with Gasteiger partial charge in [0.1, 0.15) is 17.9 Å². The molecule has 0 aromatic heterocycles. The number of methoxy groups -OCH3 is 1. The standard InChI is InChI=1S/C27H21BrCl2N2O5S/c1-3-36-19-6-4-5-18(13-19)32-26(34)20(25(33)31-27(32)38)9-15-10-21(28)24(23(11-15)35-2)37-14-16-7-8-17(29)12-22(16)30/h4-13H,3,14H2,1-2H3,(H,31,33,38)/b20-9+. The first-order valence-corrected chi connectivity index (χ1v) is 13.3. The lowest BCUT2D eigenvalue weighted by atomic mass is 10.1. The van der Waals surface area contributed by atoms with Gasteiger partial charge < -0.3 is 14.2 Å². The zero-order chi connectivity index (χ0) is 27.4. The summed E-state index contributed by atoms with van der Waals surface area (Å²) in [5.74, 6) is 0.213. The van der Waals surface area contributed by atoms with E-state index in [9.17, 15) is 9.59 Å². The molecule has 0 unspecified atom stereocenters. The third kappa shape index (κ3) is 6.13. The van der Waals surface area contributed by atoms with E-state index in [4.69, 9.17) is 49.6 Å². The Balaban J connectivity index is 1.63. The molecule has 1 aliphatic heterocycles. The molecule has 3 aromatic carbocycles. The summed E-state index contributed by atoms with van der Waals surface area (Å²) < 4.78 is 17.6. The van der Waals surface area contributed by atoms with Gasteiger partial charge in [0, 0.05) is 21.7 Å². The van der Waals surface area contributed by atoms with Crippen LogP contribution in [0.5, 0.6) is 17.2 Å². The summed E-state index contributed by atoms with van der Waals surface area (Å²) in [5, 5.41) is 3.56. The molecule has 2 amide bonds. The number of amides is 2. The van der Waals surface area contributed by atoms with Crippen LogP contribution < -0.4 is 24.4 Å². The largest absolute Gasteiger partial charge is 0.494 e. The Bertz CT molecular complexity index is 1460. The van der Waals surface area contributed by atoms with Gasteiger partial charge in [0.15, 0.2) is 16.6 Å². The second kappa shape index (κ2) is 12.2. The summed E-state index contributed by atoms with van der Waals surface area (Å²) in [5.41, 5.74) is 1.64. The summed E-state index contributed by atoms with van der Waals surface area (Å²) in [7, 11) is 1.49. The average Bonchev–Trinajstić information content (AvgIpc) is 2.87. The number of benzene rings is 3. The Labute approximate surface area is 243 Å². The van der Waals surface area contributed by atoms with Crippen LogP contribution >= 0.6 is 51.3 Å². The highest BCUT2D eigenvalue weighted by Crippen LogP contribution is 2.38. The quantitative estimate of drug-likeness (QED) is 0.171. The first kappa shape index (κ1) is 27.9. The molecule has 1 aliphatic rings. The zero-order valence-corrected chi connectivity index (χ0v) is 24.1. The van der Waals surface area contributed by atoms with Crippen LogP contribution in [0.4, 0.5) is 5.69 Å². The molecule has 0 aliphatic carbocycles. The van der Waals surface area contributed by atoms with E-state index >= 15 is 0 Å². The van der Waals surface area contributed by atoms with E-state index in [2.05, 4.69) is 21.2 Å². The summed E-state index contributed by atoms with van der Waals surface area (Å²) in [4.78, 5) is 27.4. The van der Waals surface area contributed by atoms with E-state index in [1.807, 2.05) is 6.92 Å². The number of hydrogen-bond acceptors (Lipinski definition) is 6. The van der Waals surface area contributed by atoms with E-state index in [-0.39, 0.29) is 17.3 Å². The Kier molecular flexibility index (Phi) is 8.94. The van der Waals surface area contributed by atoms with Crippen LogP contribution in [0, 0.1) is 0 Å². The molecule has 1 heterocycles. The molecule has 1 N–H and O–H groups in total. The fraction of sp³-hybridized carbons (Fsp3) is 0.148. The molecule has 4 rings (SSSR count). The van der Waals surface area contributed by atoms with E-state index in [1.54, 1.807) is 54.6 Å². The lowest BCUT2D eigenvalue weighted by Gasteiger charge is -2.29. The number of halogens is 3. The highest BCUT2D eigenvalue weighted by atomic mass is 79.9. The lowest BCUT2D eigenvalue weighted by molar-refractivity contribution is -0.122. The van der Waals surface area contributed by atoms with Crippen LogP contribution in [0.1, 0.15) is 18.1 Å². The molecular formula is C27H21BrCl2N2O5S. The highest BCUT2D eigenvalue weighted by molar-refractivity contribution is 9.10. The van der Waals surface area contributed by atoms with Gasteiger partial charge in [0.25, 0.3) is 11.8 Å². The van der Waals surface area contributed by atoms with Crippen LogP contribution in [0.25, 0.3) is 6.08 Å². The maximum atomic E-state index is 13.4. The second-order valence-corrected chi connectivity index (χ2v) is 10.0. The molecule has 0 atom stereocenters. The average molecular weight is 636 g/mol. The number of ether oxygens (including phenoxy) is 3. The molecule has 7 nitrogen and oxygen atoms in total. The van der Waals surface area contributed by atoms with Gasteiger partial charge in [0.2, 0.25) is 0 Å². The second-order valence-electron chi connectivity index (χ2n) is 7.95. The van der Waals surface area contributed by atoms with E-state index in [1.165, 1.54) is 18.1 Å². The fourth-order valence-electron chi connectivity index (χ4n) is 3.69. The van der Waals surface area contributed by atoms with Crippen molar-refractivity contribution in [3.05, 3.63) is 85.8 Å². The van der Waals surface area contributed by atoms with Crippen molar-refractivity contribution < 1.29 is 23.8 Å². The molecular weight excluding hydrogens is 615 g/mol. The number of anilines is 1. The van der Waals surface area contributed by atoms with Gasteiger partial charge in [-0.15, -0.1) is 0 Å². The highest BCUT2D eigenvalue weighted by Gasteiger charge is 2.34. The number of carbonyl (C=O) groups excluding carboxylic acids is 2. The summed E-state index contributed by atoms with van der Waals surface area (Å²) in [6, 6.07) is 15.4. The Morgan fingerprint density at radius 3 is 2.58 bits per heavy atom. The molecule has 38 heavy (non-hydrogen) atoms. The van der Waals surface area contributed by atoms with Gasteiger partial charge in [-0.2, -0.15) is 0 Å². The smallest absolute Gasteiger partial charge is 0.270 e.